The van der Waals surface area contributed by atoms with Gasteiger partial charge in [0, 0.05) is 0 Å². The van der Waals surface area contributed by atoms with Crippen LogP contribution in [0.2, 0.25) is 0 Å². The van der Waals surface area contributed by atoms with Gasteiger partial charge in [0.05, 0.1) is 6.04 Å². The summed E-state index contributed by atoms with van der Waals surface area (Å²) in [5.74, 6) is -1.80. The molecule has 0 saturated heterocycles. The molecule has 10 heavy (non-hydrogen) atoms. The Morgan fingerprint density at radius 3 is 2.50 bits per heavy atom. The summed E-state index contributed by atoms with van der Waals surface area (Å²) < 4.78 is 0. The van der Waals surface area contributed by atoms with E-state index in [4.69, 9.17) is 10.2 Å². The smallest absolute Gasteiger partial charge is 0.198 e. The van der Waals surface area contributed by atoms with Gasteiger partial charge in [-0.15, -0.1) is 0 Å². The monoisotopic (exact) mass is 145 g/mol. The zero-order chi connectivity index (χ0) is 8.20. The number of aliphatic hydroxyl groups is 2. The van der Waals surface area contributed by atoms with E-state index in [2.05, 4.69) is 11.9 Å². The van der Waals surface area contributed by atoms with Crippen LogP contribution in [0, 0.1) is 0 Å². The molecule has 0 amide bonds. The molecule has 3 nitrogen and oxygen atoms in total. The van der Waals surface area contributed by atoms with Crippen LogP contribution in [-0.2, 0) is 0 Å². The number of hydrogen-bond acceptors (Lipinski definition) is 3. The summed E-state index contributed by atoms with van der Waals surface area (Å²) in [6.45, 7) is 7.59. The standard InChI is InChI=1S/C7H15NO2/c1-4-7(9,10)6(3)8-5-2/h4,6,8-10H,1,5H2,2-3H3. The Hall–Kier alpha value is -0.380. The molecule has 1 unspecified atom stereocenters. The molecule has 0 rings (SSSR count). The van der Waals surface area contributed by atoms with Crippen LogP contribution in [0.3, 0.4) is 0 Å². The molecule has 3 heteroatoms. The normalized spacial score (nSPS) is 14.8. The van der Waals surface area contributed by atoms with Crippen LogP contribution < -0.4 is 5.32 Å². The molecule has 60 valence electrons. The summed E-state index contributed by atoms with van der Waals surface area (Å²) in [5.41, 5.74) is 0. The van der Waals surface area contributed by atoms with Gasteiger partial charge >= 0.3 is 0 Å². The fourth-order valence-electron chi connectivity index (χ4n) is 0.633. The second kappa shape index (κ2) is 3.71. The predicted octanol–water partition coefficient (Wildman–Crippen LogP) is -0.149. The number of rotatable bonds is 4. The first-order valence-corrected chi connectivity index (χ1v) is 3.36. The topological polar surface area (TPSA) is 52.5 Å². The molecule has 0 bridgehead atoms. The molecule has 0 heterocycles. The molecule has 0 radical (unpaired) electrons. The van der Waals surface area contributed by atoms with Crippen LogP contribution in [0.15, 0.2) is 12.7 Å². The third kappa shape index (κ3) is 2.47. The first-order valence-electron chi connectivity index (χ1n) is 3.36. The molecule has 1 atom stereocenters. The number of likely N-dealkylation sites (N-methyl/N-ethyl adjacent to an activating group) is 1. The van der Waals surface area contributed by atoms with E-state index in [1.165, 1.54) is 0 Å². The molecule has 0 saturated carbocycles. The van der Waals surface area contributed by atoms with Gasteiger partial charge in [-0.2, -0.15) is 0 Å². The van der Waals surface area contributed by atoms with Crippen molar-refractivity contribution in [3.05, 3.63) is 12.7 Å². The molecule has 0 aromatic heterocycles. The highest BCUT2D eigenvalue weighted by atomic mass is 16.5. The minimum Gasteiger partial charge on any atom is -0.361 e. The highest BCUT2D eigenvalue weighted by molar-refractivity contribution is 4.93. The Morgan fingerprint density at radius 2 is 2.20 bits per heavy atom. The average Bonchev–Trinajstić information content (AvgIpc) is 1.89. The molecule has 0 aliphatic rings. The molecule has 0 aromatic rings. The van der Waals surface area contributed by atoms with Crippen molar-refractivity contribution in [1.82, 2.24) is 5.32 Å². The number of hydrogen-bond donors (Lipinski definition) is 3. The SMILES string of the molecule is C=CC(O)(O)C(C)NCC. The summed E-state index contributed by atoms with van der Waals surface area (Å²) in [5, 5.41) is 21.1. The minimum atomic E-state index is -1.80. The highest BCUT2D eigenvalue weighted by Gasteiger charge is 2.25. The fourth-order valence-corrected chi connectivity index (χ4v) is 0.633. The molecule has 0 aliphatic carbocycles. The van der Waals surface area contributed by atoms with Crippen molar-refractivity contribution in [2.45, 2.75) is 25.7 Å². The van der Waals surface area contributed by atoms with Crippen molar-refractivity contribution in [3.63, 3.8) is 0 Å². The summed E-state index contributed by atoms with van der Waals surface area (Å²) in [6, 6.07) is -0.380. The quantitative estimate of drug-likeness (QED) is 0.381. The first-order chi connectivity index (χ1) is 4.54. The predicted molar refractivity (Wildman–Crippen MR) is 40.5 cm³/mol. The Balaban J connectivity index is 3.90. The van der Waals surface area contributed by atoms with E-state index >= 15 is 0 Å². The lowest BCUT2D eigenvalue weighted by atomic mass is 10.1. The molecule has 0 aromatic carbocycles. The van der Waals surface area contributed by atoms with Crippen molar-refractivity contribution in [2.24, 2.45) is 0 Å². The summed E-state index contributed by atoms with van der Waals surface area (Å²) in [7, 11) is 0. The van der Waals surface area contributed by atoms with Gasteiger partial charge in [0.1, 0.15) is 0 Å². The van der Waals surface area contributed by atoms with E-state index in [0.717, 1.165) is 6.08 Å². The third-order valence-corrected chi connectivity index (χ3v) is 1.45. The van der Waals surface area contributed by atoms with Gasteiger partial charge in [-0.1, -0.05) is 13.5 Å². The first kappa shape index (κ1) is 9.62. The Morgan fingerprint density at radius 1 is 1.70 bits per heavy atom. The van der Waals surface area contributed by atoms with E-state index in [1.54, 1.807) is 6.92 Å². The van der Waals surface area contributed by atoms with E-state index in [0.29, 0.717) is 6.54 Å². The van der Waals surface area contributed by atoms with E-state index < -0.39 is 5.79 Å². The Bertz CT molecular complexity index is 112. The van der Waals surface area contributed by atoms with Gasteiger partial charge in [0.2, 0.25) is 0 Å². The van der Waals surface area contributed by atoms with Crippen molar-refractivity contribution < 1.29 is 10.2 Å². The molecular weight excluding hydrogens is 130 g/mol. The van der Waals surface area contributed by atoms with Crippen LogP contribution in [0.5, 0.6) is 0 Å². The Kier molecular flexibility index (Phi) is 3.57. The Labute approximate surface area is 61.4 Å². The summed E-state index contributed by atoms with van der Waals surface area (Å²) >= 11 is 0. The van der Waals surface area contributed by atoms with Crippen molar-refractivity contribution in [3.8, 4) is 0 Å². The van der Waals surface area contributed by atoms with E-state index in [9.17, 15) is 0 Å². The molecule has 0 aliphatic heterocycles. The number of nitrogens with one attached hydrogen (secondary N) is 1. The van der Waals surface area contributed by atoms with Crippen LogP contribution in [0.1, 0.15) is 13.8 Å². The van der Waals surface area contributed by atoms with Crippen molar-refractivity contribution in [2.75, 3.05) is 6.54 Å². The van der Waals surface area contributed by atoms with Gasteiger partial charge in [-0.05, 0) is 19.5 Å². The van der Waals surface area contributed by atoms with Crippen molar-refractivity contribution in [1.29, 1.82) is 0 Å². The largest absolute Gasteiger partial charge is 0.361 e. The van der Waals surface area contributed by atoms with Crippen LogP contribution >= 0.6 is 0 Å². The maximum Gasteiger partial charge on any atom is 0.198 e. The summed E-state index contributed by atoms with van der Waals surface area (Å²) in [6.07, 6.45) is 1.11. The van der Waals surface area contributed by atoms with Crippen LogP contribution in [0.4, 0.5) is 0 Å². The maximum absolute atomic E-state index is 9.10. The van der Waals surface area contributed by atoms with Gasteiger partial charge in [-0.25, -0.2) is 0 Å². The maximum atomic E-state index is 9.10. The molecule has 0 fully saturated rings. The third-order valence-electron chi connectivity index (χ3n) is 1.45. The lowest BCUT2D eigenvalue weighted by Crippen LogP contribution is -2.47. The van der Waals surface area contributed by atoms with Gasteiger partial charge in [-0.3, -0.25) is 0 Å². The second-order valence-corrected chi connectivity index (χ2v) is 2.27. The zero-order valence-electron chi connectivity index (χ0n) is 6.46. The fraction of sp³-hybridized carbons (Fsp3) is 0.714. The van der Waals surface area contributed by atoms with Gasteiger partial charge < -0.3 is 15.5 Å². The lowest BCUT2D eigenvalue weighted by molar-refractivity contribution is -0.138. The highest BCUT2D eigenvalue weighted by Crippen LogP contribution is 2.05. The van der Waals surface area contributed by atoms with Crippen molar-refractivity contribution >= 4 is 0 Å². The average molecular weight is 145 g/mol. The molecule has 3 N–H and O–H groups in total. The lowest BCUT2D eigenvalue weighted by Gasteiger charge is -2.25. The van der Waals surface area contributed by atoms with Gasteiger partial charge in [0.25, 0.3) is 0 Å². The van der Waals surface area contributed by atoms with E-state index in [-0.39, 0.29) is 6.04 Å². The second-order valence-electron chi connectivity index (χ2n) is 2.27. The van der Waals surface area contributed by atoms with E-state index in [1.807, 2.05) is 6.92 Å². The van der Waals surface area contributed by atoms with Crippen LogP contribution in [-0.4, -0.2) is 28.6 Å². The molecular formula is C7H15NO2. The molecule has 0 spiro atoms. The van der Waals surface area contributed by atoms with Gasteiger partial charge in [0.15, 0.2) is 5.79 Å². The minimum absolute atomic E-state index is 0.380. The zero-order valence-corrected chi connectivity index (χ0v) is 6.46. The summed E-state index contributed by atoms with van der Waals surface area (Å²) in [4.78, 5) is 0. The van der Waals surface area contributed by atoms with Crippen LogP contribution in [0.25, 0.3) is 0 Å².